The molecule has 2 atom stereocenters. The number of methoxy groups -OCH3 is 2. The van der Waals surface area contributed by atoms with Crippen LogP contribution in [0, 0.1) is 0 Å². The first-order valence-electron chi connectivity index (χ1n) is 8.87. The highest BCUT2D eigenvalue weighted by molar-refractivity contribution is 5.59. The number of pyridine rings is 1. The number of para-hydroxylation sites is 1. The molecule has 1 aromatic carbocycles. The number of nitrogens with zero attached hydrogens (tertiary/aromatic N) is 3. The van der Waals surface area contributed by atoms with Crippen molar-refractivity contribution in [2.24, 2.45) is 5.73 Å². The zero-order valence-electron chi connectivity index (χ0n) is 15.1. The molecule has 136 valence electrons. The molecule has 0 spiro atoms. The number of rotatable bonds is 4. The van der Waals surface area contributed by atoms with Crippen LogP contribution < -0.4 is 20.1 Å². The van der Waals surface area contributed by atoms with Crippen LogP contribution in [0.25, 0.3) is 5.65 Å². The lowest BCUT2D eigenvalue weighted by Crippen LogP contribution is -2.42. The van der Waals surface area contributed by atoms with Crippen LogP contribution in [0.2, 0.25) is 0 Å². The van der Waals surface area contributed by atoms with Gasteiger partial charge in [-0.2, -0.15) is 0 Å². The normalized spacial score (nSPS) is 20.3. The summed E-state index contributed by atoms with van der Waals surface area (Å²) in [6, 6.07) is 10.6. The summed E-state index contributed by atoms with van der Waals surface area (Å²) >= 11 is 0. The first-order valence-corrected chi connectivity index (χ1v) is 8.87. The van der Waals surface area contributed by atoms with Crippen LogP contribution in [0.4, 0.5) is 5.69 Å². The fourth-order valence-corrected chi connectivity index (χ4v) is 3.85. The second kappa shape index (κ2) is 6.88. The van der Waals surface area contributed by atoms with Crippen LogP contribution in [0.3, 0.4) is 0 Å². The molecule has 2 N–H and O–H groups in total. The van der Waals surface area contributed by atoms with Crippen LogP contribution >= 0.6 is 0 Å². The molecule has 0 amide bonds. The Morgan fingerprint density at radius 3 is 2.85 bits per heavy atom. The summed E-state index contributed by atoms with van der Waals surface area (Å²) in [6.45, 7) is 0.892. The van der Waals surface area contributed by atoms with Gasteiger partial charge in [0.15, 0.2) is 11.5 Å². The molecule has 0 bridgehead atoms. The van der Waals surface area contributed by atoms with Crippen molar-refractivity contribution in [3.63, 3.8) is 0 Å². The fraction of sp³-hybridized carbons (Fsp3) is 0.350. The van der Waals surface area contributed by atoms with Crippen LogP contribution in [0.5, 0.6) is 11.5 Å². The number of fused-ring (bicyclic) bond motifs is 1. The minimum Gasteiger partial charge on any atom is -0.493 e. The SMILES string of the molecule is COc1cccc(C2CC(N)CCN2c2ccn3ccnc3c2)c1OC. The van der Waals surface area contributed by atoms with Gasteiger partial charge < -0.3 is 24.5 Å². The summed E-state index contributed by atoms with van der Waals surface area (Å²) in [7, 11) is 3.35. The van der Waals surface area contributed by atoms with E-state index >= 15 is 0 Å². The van der Waals surface area contributed by atoms with Crippen LogP contribution in [0.15, 0.2) is 48.9 Å². The Bertz CT molecular complexity index is 908. The number of anilines is 1. The van der Waals surface area contributed by atoms with Gasteiger partial charge in [0.2, 0.25) is 0 Å². The lowest BCUT2D eigenvalue weighted by molar-refractivity contribution is 0.341. The molecule has 2 unspecified atom stereocenters. The average Bonchev–Trinajstić information content (AvgIpc) is 3.15. The van der Waals surface area contributed by atoms with E-state index in [0.29, 0.717) is 0 Å². The van der Waals surface area contributed by atoms with E-state index in [1.807, 2.05) is 35.1 Å². The van der Waals surface area contributed by atoms with Crippen molar-refractivity contribution < 1.29 is 9.47 Å². The molecule has 0 aliphatic carbocycles. The number of piperidine rings is 1. The summed E-state index contributed by atoms with van der Waals surface area (Å²) in [5.41, 5.74) is 9.51. The minimum absolute atomic E-state index is 0.126. The molecule has 1 saturated heterocycles. The quantitative estimate of drug-likeness (QED) is 0.782. The first kappa shape index (κ1) is 16.7. The number of hydrogen-bond acceptors (Lipinski definition) is 5. The van der Waals surface area contributed by atoms with E-state index in [1.165, 1.54) is 0 Å². The Kier molecular flexibility index (Phi) is 4.42. The number of aromatic nitrogens is 2. The highest BCUT2D eigenvalue weighted by atomic mass is 16.5. The molecule has 1 aliphatic rings. The molecule has 26 heavy (non-hydrogen) atoms. The van der Waals surface area contributed by atoms with E-state index in [0.717, 1.165) is 47.8 Å². The van der Waals surface area contributed by atoms with E-state index in [-0.39, 0.29) is 12.1 Å². The monoisotopic (exact) mass is 352 g/mol. The molecule has 0 saturated carbocycles. The lowest BCUT2D eigenvalue weighted by atomic mass is 9.91. The van der Waals surface area contributed by atoms with E-state index in [2.05, 4.69) is 28.1 Å². The van der Waals surface area contributed by atoms with Gasteiger partial charge in [0, 0.05) is 48.5 Å². The molecule has 6 heteroatoms. The molecule has 2 aromatic heterocycles. The van der Waals surface area contributed by atoms with Crippen molar-refractivity contribution >= 4 is 11.3 Å². The van der Waals surface area contributed by atoms with Gasteiger partial charge in [0.05, 0.1) is 20.3 Å². The Labute approximate surface area is 153 Å². The van der Waals surface area contributed by atoms with Crippen molar-refractivity contribution in [3.8, 4) is 11.5 Å². The maximum absolute atomic E-state index is 6.32. The number of imidazole rings is 1. The van der Waals surface area contributed by atoms with Gasteiger partial charge in [0.25, 0.3) is 0 Å². The molecule has 3 heterocycles. The second-order valence-electron chi connectivity index (χ2n) is 6.65. The zero-order chi connectivity index (χ0) is 18.1. The van der Waals surface area contributed by atoms with Gasteiger partial charge in [-0.15, -0.1) is 0 Å². The third-order valence-corrected chi connectivity index (χ3v) is 5.15. The molecule has 1 fully saturated rings. The molecule has 6 nitrogen and oxygen atoms in total. The Morgan fingerprint density at radius 2 is 2.04 bits per heavy atom. The summed E-state index contributed by atoms with van der Waals surface area (Å²) in [4.78, 5) is 6.81. The first-order chi connectivity index (χ1) is 12.7. The average molecular weight is 352 g/mol. The predicted molar refractivity (Wildman–Crippen MR) is 102 cm³/mol. The fourth-order valence-electron chi connectivity index (χ4n) is 3.85. The van der Waals surface area contributed by atoms with Gasteiger partial charge in [-0.1, -0.05) is 12.1 Å². The lowest BCUT2D eigenvalue weighted by Gasteiger charge is -2.40. The molecule has 4 rings (SSSR count). The zero-order valence-corrected chi connectivity index (χ0v) is 15.1. The Morgan fingerprint density at radius 1 is 1.15 bits per heavy atom. The number of benzene rings is 1. The third-order valence-electron chi connectivity index (χ3n) is 5.15. The molecule has 1 aliphatic heterocycles. The van der Waals surface area contributed by atoms with E-state index in [1.54, 1.807) is 14.2 Å². The molecular formula is C20H24N4O2. The van der Waals surface area contributed by atoms with Gasteiger partial charge in [0.1, 0.15) is 5.65 Å². The van der Waals surface area contributed by atoms with Crippen molar-refractivity contribution in [2.45, 2.75) is 24.9 Å². The van der Waals surface area contributed by atoms with Crippen LogP contribution in [-0.2, 0) is 0 Å². The Balaban J connectivity index is 1.78. The van der Waals surface area contributed by atoms with E-state index in [4.69, 9.17) is 15.2 Å². The summed E-state index contributed by atoms with van der Waals surface area (Å²) in [5.74, 6) is 1.52. The maximum Gasteiger partial charge on any atom is 0.165 e. The number of nitrogens with two attached hydrogens (primary N) is 1. The summed E-state index contributed by atoms with van der Waals surface area (Å²) < 4.78 is 13.2. The standard InChI is InChI=1S/C20H24N4O2/c1-25-18-5-3-4-16(20(18)26-2)17-12-14(21)6-10-24(17)15-7-9-23-11-8-22-19(23)13-15/h3-5,7-9,11,13-14,17H,6,10,12,21H2,1-2H3. The van der Waals surface area contributed by atoms with Crippen molar-refractivity contribution in [1.29, 1.82) is 0 Å². The van der Waals surface area contributed by atoms with Gasteiger partial charge in [-0.25, -0.2) is 4.98 Å². The van der Waals surface area contributed by atoms with E-state index in [9.17, 15) is 0 Å². The highest BCUT2D eigenvalue weighted by Crippen LogP contribution is 2.42. The predicted octanol–water partition coefficient (Wildman–Crippen LogP) is 3.02. The Hall–Kier alpha value is -2.73. The second-order valence-corrected chi connectivity index (χ2v) is 6.65. The van der Waals surface area contributed by atoms with Crippen molar-refractivity contribution in [3.05, 3.63) is 54.5 Å². The van der Waals surface area contributed by atoms with Gasteiger partial charge in [-0.05, 0) is 25.0 Å². The smallest absolute Gasteiger partial charge is 0.165 e. The van der Waals surface area contributed by atoms with Gasteiger partial charge >= 0.3 is 0 Å². The number of ether oxygens (including phenoxy) is 2. The topological polar surface area (TPSA) is 65.0 Å². The van der Waals surface area contributed by atoms with Crippen molar-refractivity contribution in [1.82, 2.24) is 9.38 Å². The minimum atomic E-state index is 0.126. The molecular weight excluding hydrogens is 328 g/mol. The van der Waals surface area contributed by atoms with Gasteiger partial charge in [-0.3, -0.25) is 0 Å². The van der Waals surface area contributed by atoms with Crippen molar-refractivity contribution in [2.75, 3.05) is 25.7 Å². The molecule has 3 aromatic rings. The largest absolute Gasteiger partial charge is 0.493 e. The third kappa shape index (κ3) is 2.86. The van der Waals surface area contributed by atoms with Crippen LogP contribution in [-0.4, -0.2) is 36.2 Å². The van der Waals surface area contributed by atoms with Crippen LogP contribution in [0.1, 0.15) is 24.4 Å². The highest BCUT2D eigenvalue weighted by Gasteiger charge is 2.31. The van der Waals surface area contributed by atoms with E-state index < -0.39 is 0 Å². The molecule has 0 radical (unpaired) electrons. The maximum atomic E-state index is 6.32. The summed E-state index contributed by atoms with van der Waals surface area (Å²) in [6.07, 6.45) is 7.64. The number of hydrogen-bond donors (Lipinski definition) is 1. The summed E-state index contributed by atoms with van der Waals surface area (Å²) in [5, 5.41) is 0.